The quantitative estimate of drug-likeness (QED) is 0.752. The molecule has 0 aliphatic heterocycles. The van der Waals surface area contributed by atoms with Gasteiger partial charge in [-0.3, -0.25) is 4.79 Å². The number of nitrogens with one attached hydrogen (secondary N) is 1. The van der Waals surface area contributed by atoms with E-state index in [1.807, 2.05) is 16.8 Å². The molecule has 0 aliphatic rings. The molecule has 0 saturated carbocycles. The van der Waals surface area contributed by atoms with Crippen LogP contribution >= 0.6 is 11.3 Å². The molecule has 0 unspecified atom stereocenters. The molecule has 2 aromatic heterocycles. The van der Waals surface area contributed by atoms with Gasteiger partial charge >= 0.3 is 0 Å². The molecule has 0 saturated heterocycles. The molecule has 112 valence electrons. The van der Waals surface area contributed by atoms with Crippen LogP contribution in [0.3, 0.4) is 0 Å². The number of aromatic nitrogens is 4. The molecule has 22 heavy (non-hydrogen) atoms. The lowest BCUT2D eigenvalue weighted by Crippen LogP contribution is -2.20. The molecule has 2 N–H and O–H groups in total. The van der Waals surface area contributed by atoms with Crippen molar-refractivity contribution in [2.75, 3.05) is 5.32 Å². The van der Waals surface area contributed by atoms with Crippen molar-refractivity contribution in [2.24, 2.45) is 0 Å². The van der Waals surface area contributed by atoms with Gasteiger partial charge in [-0.2, -0.15) is 11.3 Å². The standard InChI is InChI=1S/C14H13N5O2S/c20-12-3-1-2-11(6-12)16-14(21)7-13(10-4-5-22-8-10)19-9-15-17-18-19/h1-6,8-9,13,20H,7H2,(H,16,21)/t13-/m1/s1. The number of hydrogen-bond donors (Lipinski definition) is 2. The van der Waals surface area contributed by atoms with Gasteiger partial charge in [-0.1, -0.05) is 6.07 Å². The number of carbonyl (C=O) groups excluding carboxylic acids is 1. The van der Waals surface area contributed by atoms with Gasteiger partial charge in [0.1, 0.15) is 12.1 Å². The molecule has 2 heterocycles. The van der Waals surface area contributed by atoms with Crippen molar-refractivity contribution in [3.8, 4) is 5.75 Å². The first-order valence-electron chi connectivity index (χ1n) is 6.56. The van der Waals surface area contributed by atoms with Crippen LogP contribution in [0, 0.1) is 0 Å². The molecule has 0 spiro atoms. The maximum Gasteiger partial charge on any atom is 0.226 e. The second-order valence-corrected chi connectivity index (χ2v) is 5.44. The van der Waals surface area contributed by atoms with Crippen LogP contribution in [0.4, 0.5) is 5.69 Å². The molecule has 1 amide bonds. The van der Waals surface area contributed by atoms with Gasteiger partial charge in [-0.05, 0) is 44.9 Å². The summed E-state index contributed by atoms with van der Waals surface area (Å²) >= 11 is 1.55. The zero-order valence-corrected chi connectivity index (χ0v) is 12.3. The van der Waals surface area contributed by atoms with Crippen LogP contribution in [0.15, 0.2) is 47.4 Å². The predicted octanol–water partition coefficient (Wildman–Crippen LogP) is 2.06. The molecule has 0 radical (unpaired) electrons. The highest BCUT2D eigenvalue weighted by atomic mass is 32.1. The van der Waals surface area contributed by atoms with Crippen molar-refractivity contribution >= 4 is 22.9 Å². The highest BCUT2D eigenvalue weighted by molar-refractivity contribution is 7.08. The van der Waals surface area contributed by atoms with E-state index in [1.54, 1.807) is 34.2 Å². The van der Waals surface area contributed by atoms with Crippen molar-refractivity contribution in [3.63, 3.8) is 0 Å². The monoisotopic (exact) mass is 315 g/mol. The van der Waals surface area contributed by atoms with Gasteiger partial charge in [0, 0.05) is 11.8 Å². The second-order valence-electron chi connectivity index (χ2n) is 4.66. The van der Waals surface area contributed by atoms with E-state index in [0.717, 1.165) is 5.56 Å². The molecule has 1 aromatic carbocycles. The van der Waals surface area contributed by atoms with Crippen LogP contribution in [-0.4, -0.2) is 31.2 Å². The number of aromatic hydroxyl groups is 1. The van der Waals surface area contributed by atoms with E-state index in [0.29, 0.717) is 5.69 Å². The zero-order valence-electron chi connectivity index (χ0n) is 11.5. The van der Waals surface area contributed by atoms with Gasteiger partial charge in [-0.25, -0.2) is 4.68 Å². The van der Waals surface area contributed by atoms with Gasteiger partial charge in [0.15, 0.2) is 0 Å². The maximum absolute atomic E-state index is 12.3. The summed E-state index contributed by atoms with van der Waals surface area (Å²) in [6.45, 7) is 0. The van der Waals surface area contributed by atoms with Crippen LogP contribution in [0.25, 0.3) is 0 Å². The van der Waals surface area contributed by atoms with Crippen LogP contribution in [0.5, 0.6) is 5.75 Å². The smallest absolute Gasteiger partial charge is 0.226 e. The molecular formula is C14H13N5O2S. The molecule has 3 rings (SSSR count). The summed E-state index contributed by atoms with van der Waals surface area (Å²) in [5, 5.41) is 27.2. The van der Waals surface area contributed by atoms with Crippen LogP contribution in [-0.2, 0) is 4.79 Å². The molecule has 8 heteroatoms. The Hall–Kier alpha value is -2.74. The summed E-state index contributed by atoms with van der Waals surface area (Å²) in [4.78, 5) is 12.3. The highest BCUT2D eigenvalue weighted by Gasteiger charge is 2.19. The van der Waals surface area contributed by atoms with Gasteiger partial charge in [0.25, 0.3) is 0 Å². The van der Waals surface area contributed by atoms with E-state index in [2.05, 4.69) is 20.8 Å². The molecule has 1 atom stereocenters. The third-order valence-electron chi connectivity index (χ3n) is 3.12. The summed E-state index contributed by atoms with van der Waals surface area (Å²) in [6, 6.07) is 8.10. The van der Waals surface area contributed by atoms with Crippen molar-refractivity contribution in [1.82, 2.24) is 20.2 Å². The number of amides is 1. The number of anilines is 1. The Bertz CT molecular complexity index is 708. The Morgan fingerprint density at radius 3 is 3.00 bits per heavy atom. The number of nitrogens with zero attached hydrogens (tertiary/aromatic N) is 4. The number of hydrogen-bond acceptors (Lipinski definition) is 6. The third kappa shape index (κ3) is 3.29. The average molecular weight is 315 g/mol. The highest BCUT2D eigenvalue weighted by Crippen LogP contribution is 2.24. The lowest BCUT2D eigenvalue weighted by molar-refractivity contribution is -0.116. The third-order valence-corrected chi connectivity index (χ3v) is 3.82. The summed E-state index contributed by atoms with van der Waals surface area (Å²) in [5.74, 6) is -0.0787. The summed E-state index contributed by atoms with van der Waals surface area (Å²) in [6.07, 6.45) is 1.68. The summed E-state index contributed by atoms with van der Waals surface area (Å²) in [7, 11) is 0. The maximum atomic E-state index is 12.3. The van der Waals surface area contributed by atoms with Gasteiger partial charge in [0.2, 0.25) is 5.91 Å². The number of benzene rings is 1. The Kier molecular flexibility index (Phi) is 4.10. The first-order chi connectivity index (χ1) is 10.7. The van der Waals surface area contributed by atoms with Crippen molar-refractivity contribution < 1.29 is 9.90 Å². The SMILES string of the molecule is O=C(C[C@H](c1ccsc1)n1cnnn1)Nc1cccc(O)c1. The molecule has 0 bridgehead atoms. The van der Waals surface area contributed by atoms with Crippen molar-refractivity contribution in [3.05, 3.63) is 53.0 Å². The van der Waals surface area contributed by atoms with E-state index in [-0.39, 0.29) is 24.1 Å². The van der Waals surface area contributed by atoms with Gasteiger partial charge in [-0.15, -0.1) is 5.10 Å². The fourth-order valence-electron chi connectivity index (χ4n) is 2.11. The first-order valence-corrected chi connectivity index (χ1v) is 7.50. The van der Waals surface area contributed by atoms with Gasteiger partial charge in [0.05, 0.1) is 12.5 Å². The van der Waals surface area contributed by atoms with E-state index < -0.39 is 0 Å². The Morgan fingerprint density at radius 2 is 2.32 bits per heavy atom. The summed E-state index contributed by atoms with van der Waals surface area (Å²) in [5.41, 5.74) is 1.52. The minimum atomic E-state index is -0.265. The first kappa shape index (κ1) is 14.2. The fraction of sp³-hybridized carbons (Fsp3) is 0.143. The lowest BCUT2D eigenvalue weighted by atomic mass is 10.1. The molecular weight excluding hydrogens is 302 g/mol. The predicted molar refractivity (Wildman–Crippen MR) is 81.6 cm³/mol. The van der Waals surface area contributed by atoms with E-state index in [4.69, 9.17) is 0 Å². The normalized spacial score (nSPS) is 12.0. The minimum Gasteiger partial charge on any atom is -0.508 e. The lowest BCUT2D eigenvalue weighted by Gasteiger charge is -2.15. The van der Waals surface area contributed by atoms with E-state index >= 15 is 0 Å². The van der Waals surface area contributed by atoms with Gasteiger partial charge < -0.3 is 10.4 Å². The number of phenolic OH excluding ortho intramolecular Hbond substituents is 1. The van der Waals surface area contributed by atoms with E-state index in [1.165, 1.54) is 12.4 Å². The van der Waals surface area contributed by atoms with Crippen LogP contribution in [0.2, 0.25) is 0 Å². The Labute approximate surface area is 130 Å². The zero-order chi connectivity index (χ0) is 15.4. The van der Waals surface area contributed by atoms with Crippen LogP contribution in [0.1, 0.15) is 18.0 Å². The molecule has 3 aromatic rings. The molecule has 0 aliphatic carbocycles. The summed E-state index contributed by atoms with van der Waals surface area (Å²) < 4.78 is 1.56. The largest absolute Gasteiger partial charge is 0.508 e. The molecule has 7 nitrogen and oxygen atoms in total. The molecule has 0 fully saturated rings. The number of rotatable bonds is 5. The Morgan fingerprint density at radius 1 is 1.41 bits per heavy atom. The van der Waals surface area contributed by atoms with Crippen molar-refractivity contribution in [1.29, 1.82) is 0 Å². The second kappa shape index (κ2) is 6.35. The number of carbonyl (C=O) groups is 1. The average Bonchev–Trinajstić information content (AvgIpc) is 3.18. The topological polar surface area (TPSA) is 92.9 Å². The van der Waals surface area contributed by atoms with Crippen LogP contribution < -0.4 is 5.32 Å². The fourth-order valence-corrected chi connectivity index (χ4v) is 2.82. The Balaban J connectivity index is 1.75. The van der Waals surface area contributed by atoms with Crippen molar-refractivity contribution in [2.45, 2.75) is 12.5 Å². The number of phenols is 1. The van der Waals surface area contributed by atoms with E-state index in [9.17, 15) is 9.90 Å². The number of tetrazole rings is 1. The minimum absolute atomic E-state index is 0.104. The number of thiophene rings is 1.